The molecule has 9 nitrogen and oxygen atoms in total. The number of hydrogen-bond donors (Lipinski definition) is 1. The normalized spacial score (nSPS) is 9.72. The zero-order chi connectivity index (χ0) is 19.0. The number of benzene rings is 2. The molecule has 2 rings (SSSR count). The zero-order valence-corrected chi connectivity index (χ0v) is 12.7. The summed E-state index contributed by atoms with van der Waals surface area (Å²) >= 11 is 0. The van der Waals surface area contributed by atoms with Gasteiger partial charge in [0.15, 0.2) is 12.5 Å². The van der Waals surface area contributed by atoms with Crippen molar-refractivity contribution in [3.05, 3.63) is 68.3 Å². The SMILES string of the molecule is COCOc1cc(F)ccc1[N+](=O)[O-].O=[N+]([O-])c1ccc(F)cc1O. The molecule has 134 valence electrons. The van der Waals surface area contributed by atoms with Gasteiger partial charge in [-0.1, -0.05) is 0 Å². The van der Waals surface area contributed by atoms with Gasteiger partial charge in [-0.2, -0.15) is 0 Å². The van der Waals surface area contributed by atoms with Crippen molar-refractivity contribution in [1.29, 1.82) is 0 Å². The molecule has 0 aliphatic carbocycles. The monoisotopic (exact) mass is 358 g/mol. The van der Waals surface area contributed by atoms with Gasteiger partial charge in [-0.25, -0.2) is 8.78 Å². The van der Waals surface area contributed by atoms with Crippen LogP contribution in [0.3, 0.4) is 0 Å². The molecule has 11 heteroatoms. The summed E-state index contributed by atoms with van der Waals surface area (Å²) in [6.07, 6.45) is 0. The lowest BCUT2D eigenvalue weighted by molar-refractivity contribution is -0.386. The van der Waals surface area contributed by atoms with Gasteiger partial charge in [0.25, 0.3) is 0 Å². The van der Waals surface area contributed by atoms with Gasteiger partial charge in [-0.05, 0) is 12.1 Å². The number of ether oxygens (including phenoxy) is 2. The summed E-state index contributed by atoms with van der Waals surface area (Å²) in [4.78, 5) is 19.1. The number of hydrogen-bond acceptors (Lipinski definition) is 7. The molecule has 0 aliphatic rings. The molecule has 0 bridgehead atoms. The third kappa shape index (κ3) is 5.99. The van der Waals surface area contributed by atoms with Crippen LogP contribution >= 0.6 is 0 Å². The minimum Gasteiger partial charge on any atom is -0.502 e. The van der Waals surface area contributed by atoms with Crippen LogP contribution in [0.1, 0.15) is 0 Å². The average Bonchev–Trinajstić information content (AvgIpc) is 2.52. The molecule has 0 heterocycles. The third-order valence-corrected chi connectivity index (χ3v) is 2.58. The molecule has 0 aromatic heterocycles. The molecular weight excluding hydrogens is 346 g/mol. The van der Waals surface area contributed by atoms with Crippen molar-refractivity contribution in [3.63, 3.8) is 0 Å². The first-order valence-corrected chi connectivity index (χ1v) is 6.44. The fourth-order valence-corrected chi connectivity index (χ4v) is 1.53. The number of methoxy groups -OCH3 is 1. The van der Waals surface area contributed by atoms with Crippen LogP contribution in [0.5, 0.6) is 11.5 Å². The first-order chi connectivity index (χ1) is 11.8. The molecule has 0 saturated carbocycles. The van der Waals surface area contributed by atoms with Crippen molar-refractivity contribution in [2.75, 3.05) is 13.9 Å². The number of phenolic OH excluding ortho intramolecular Hbond substituents is 1. The molecule has 2 aromatic rings. The Balaban J connectivity index is 0.000000257. The minimum absolute atomic E-state index is 0.142. The maximum atomic E-state index is 12.7. The van der Waals surface area contributed by atoms with Gasteiger partial charge < -0.3 is 14.6 Å². The Morgan fingerprint density at radius 2 is 1.52 bits per heavy atom. The largest absolute Gasteiger partial charge is 0.502 e. The molecule has 0 saturated heterocycles. The van der Waals surface area contributed by atoms with E-state index in [4.69, 9.17) is 9.84 Å². The van der Waals surface area contributed by atoms with Gasteiger partial charge in [0.2, 0.25) is 5.75 Å². The number of nitro benzene ring substituents is 2. The maximum absolute atomic E-state index is 12.7. The predicted octanol–water partition coefficient (Wildman–Crippen LogP) is 3.16. The van der Waals surface area contributed by atoms with Crippen LogP contribution in [0.2, 0.25) is 0 Å². The summed E-state index contributed by atoms with van der Waals surface area (Å²) in [6.45, 7) is -0.162. The average molecular weight is 358 g/mol. The summed E-state index contributed by atoms with van der Waals surface area (Å²) in [5.74, 6) is -2.10. The summed E-state index contributed by atoms with van der Waals surface area (Å²) in [5, 5.41) is 29.3. The van der Waals surface area contributed by atoms with Gasteiger partial charge in [0.05, 0.1) is 9.85 Å². The first-order valence-electron chi connectivity index (χ1n) is 6.44. The second-order valence-electron chi connectivity index (χ2n) is 4.31. The van der Waals surface area contributed by atoms with E-state index in [1.54, 1.807) is 0 Å². The highest BCUT2D eigenvalue weighted by atomic mass is 19.1. The van der Waals surface area contributed by atoms with E-state index >= 15 is 0 Å². The summed E-state index contributed by atoms with van der Waals surface area (Å²) in [6, 6.07) is 5.50. The fourth-order valence-electron chi connectivity index (χ4n) is 1.53. The first kappa shape index (κ1) is 19.7. The highest BCUT2D eigenvalue weighted by molar-refractivity contribution is 5.46. The molecule has 25 heavy (non-hydrogen) atoms. The minimum atomic E-state index is -0.783. The van der Waals surface area contributed by atoms with Crippen LogP contribution in [-0.4, -0.2) is 28.9 Å². The van der Waals surface area contributed by atoms with Gasteiger partial charge in [-0.15, -0.1) is 0 Å². The Kier molecular flexibility index (Phi) is 7.16. The van der Waals surface area contributed by atoms with Crippen LogP contribution in [0.25, 0.3) is 0 Å². The lowest BCUT2D eigenvalue weighted by Gasteiger charge is -2.04. The van der Waals surface area contributed by atoms with E-state index in [1.807, 2.05) is 0 Å². The maximum Gasteiger partial charge on any atom is 0.311 e. The Labute approximate surface area is 139 Å². The van der Waals surface area contributed by atoms with E-state index in [0.29, 0.717) is 6.07 Å². The Bertz CT molecular complexity index is 771. The lowest BCUT2D eigenvalue weighted by atomic mass is 10.3. The molecule has 0 radical (unpaired) electrons. The van der Waals surface area contributed by atoms with E-state index in [1.165, 1.54) is 7.11 Å². The summed E-state index contributed by atoms with van der Waals surface area (Å²) in [7, 11) is 1.37. The Morgan fingerprint density at radius 3 is 2.00 bits per heavy atom. The van der Waals surface area contributed by atoms with Crippen molar-refractivity contribution in [2.45, 2.75) is 0 Å². The number of halogens is 2. The number of aromatic hydroxyl groups is 1. The van der Waals surface area contributed by atoms with Crippen molar-refractivity contribution in [2.24, 2.45) is 0 Å². The second kappa shape index (κ2) is 9.08. The Hall–Kier alpha value is -3.34. The van der Waals surface area contributed by atoms with E-state index in [-0.39, 0.29) is 18.2 Å². The van der Waals surface area contributed by atoms with Gasteiger partial charge in [0.1, 0.15) is 11.6 Å². The van der Waals surface area contributed by atoms with Gasteiger partial charge in [-0.3, -0.25) is 20.2 Å². The van der Waals surface area contributed by atoms with E-state index < -0.39 is 32.9 Å². The Morgan fingerprint density at radius 1 is 1.00 bits per heavy atom. The molecule has 1 N–H and O–H groups in total. The van der Waals surface area contributed by atoms with Crippen LogP contribution in [0.4, 0.5) is 20.2 Å². The summed E-state index contributed by atoms with van der Waals surface area (Å²) in [5.41, 5.74) is -0.783. The molecule has 0 atom stereocenters. The van der Waals surface area contributed by atoms with Crippen LogP contribution in [0.15, 0.2) is 36.4 Å². The van der Waals surface area contributed by atoms with E-state index in [0.717, 1.165) is 30.3 Å². The van der Waals surface area contributed by atoms with Gasteiger partial charge >= 0.3 is 11.4 Å². The molecule has 0 fully saturated rings. The topological polar surface area (TPSA) is 125 Å². The lowest BCUT2D eigenvalue weighted by Crippen LogP contribution is -2.02. The quantitative estimate of drug-likeness (QED) is 0.494. The molecule has 0 unspecified atom stereocenters. The molecule has 0 aliphatic heterocycles. The van der Waals surface area contributed by atoms with E-state index in [9.17, 15) is 29.0 Å². The third-order valence-electron chi connectivity index (χ3n) is 2.58. The molecule has 0 spiro atoms. The predicted molar refractivity (Wildman–Crippen MR) is 80.3 cm³/mol. The molecular formula is C14H12F2N2O7. The highest BCUT2D eigenvalue weighted by Crippen LogP contribution is 2.27. The standard InChI is InChI=1S/C8H8FNO4.C6H4FNO3/c1-13-5-14-8-4-6(9)2-3-7(8)10(11)12;7-4-1-2-5(8(10)11)6(9)3-4/h2-4H,5H2,1H3;1-3,9H. The zero-order valence-electron chi connectivity index (χ0n) is 12.7. The van der Waals surface area contributed by atoms with Crippen LogP contribution in [-0.2, 0) is 4.74 Å². The van der Waals surface area contributed by atoms with Crippen molar-refractivity contribution in [3.8, 4) is 11.5 Å². The number of nitro groups is 2. The van der Waals surface area contributed by atoms with Gasteiger partial charge in [0, 0.05) is 31.4 Å². The van der Waals surface area contributed by atoms with Crippen molar-refractivity contribution < 1.29 is 33.2 Å². The molecule has 0 amide bonds. The van der Waals surface area contributed by atoms with E-state index in [2.05, 4.69) is 4.74 Å². The van der Waals surface area contributed by atoms with Crippen molar-refractivity contribution in [1.82, 2.24) is 0 Å². The second-order valence-corrected chi connectivity index (χ2v) is 4.31. The smallest absolute Gasteiger partial charge is 0.311 e. The van der Waals surface area contributed by atoms with Crippen LogP contribution < -0.4 is 4.74 Å². The highest BCUT2D eigenvalue weighted by Gasteiger charge is 2.15. The summed E-state index contributed by atoms with van der Waals surface area (Å²) < 4.78 is 34.3. The molecule has 2 aromatic carbocycles. The van der Waals surface area contributed by atoms with Crippen molar-refractivity contribution >= 4 is 11.4 Å². The van der Waals surface area contributed by atoms with Crippen LogP contribution in [0, 0.1) is 31.9 Å². The fraction of sp³-hybridized carbons (Fsp3) is 0.143. The number of phenols is 1. The number of rotatable bonds is 5. The number of nitrogens with zero attached hydrogens (tertiary/aromatic N) is 2.